The van der Waals surface area contributed by atoms with Crippen molar-refractivity contribution in [2.24, 2.45) is 0 Å². The number of hydrogen-bond acceptors (Lipinski definition) is 3. The van der Waals surface area contributed by atoms with Crippen molar-refractivity contribution >= 4 is 5.91 Å². The number of carbonyl (C=O) groups is 1. The average molecular weight is 336 g/mol. The van der Waals surface area contributed by atoms with Crippen molar-refractivity contribution in [1.82, 2.24) is 10.2 Å². The molecule has 2 aromatic carbocycles. The van der Waals surface area contributed by atoms with Crippen LogP contribution in [0.2, 0.25) is 0 Å². The molecule has 0 unspecified atom stereocenters. The monoisotopic (exact) mass is 336 g/mol. The Labute approximate surface area is 148 Å². The minimum absolute atomic E-state index is 0.398. The molecule has 1 heterocycles. The van der Waals surface area contributed by atoms with Crippen molar-refractivity contribution in [3.05, 3.63) is 83.4 Å². The Balaban J connectivity index is 1.84. The van der Waals surface area contributed by atoms with Gasteiger partial charge < -0.3 is 15.3 Å². The first-order valence-electron chi connectivity index (χ1n) is 8.59. The highest BCUT2D eigenvalue weighted by molar-refractivity contribution is 5.90. The third-order valence-corrected chi connectivity index (χ3v) is 4.69. The first kappa shape index (κ1) is 17.4. The molecule has 1 amide bonds. The van der Waals surface area contributed by atoms with E-state index in [9.17, 15) is 9.90 Å². The van der Waals surface area contributed by atoms with Gasteiger partial charge in [0, 0.05) is 19.6 Å². The number of nitrogens with one attached hydrogen (secondary N) is 1. The smallest absolute Gasteiger partial charge is 0.261 e. The molecule has 0 spiro atoms. The van der Waals surface area contributed by atoms with E-state index in [0.717, 1.165) is 19.5 Å². The number of nitrogens with zero attached hydrogens (tertiary/aromatic N) is 1. The van der Waals surface area contributed by atoms with Crippen molar-refractivity contribution in [2.75, 3.05) is 26.7 Å². The number of benzene rings is 2. The first-order valence-corrected chi connectivity index (χ1v) is 8.59. The van der Waals surface area contributed by atoms with Crippen molar-refractivity contribution in [3.63, 3.8) is 0 Å². The lowest BCUT2D eigenvalue weighted by molar-refractivity contribution is -0.136. The fourth-order valence-corrected chi connectivity index (χ4v) is 3.08. The maximum absolute atomic E-state index is 13.0. The molecule has 0 radical (unpaired) electrons. The summed E-state index contributed by atoms with van der Waals surface area (Å²) < 4.78 is 0. The minimum atomic E-state index is -1.70. The van der Waals surface area contributed by atoms with Gasteiger partial charge in [-0.25, -0.2) is 0 Å². The Morgan fingerprint density at radius 2 is 1.64 bits per heavy atom. The third kappa shape index (κ3) is 3.81. The number of aliphatic hydroxyl groups is 1. The second-order valence-electron chi connectivity index (χ2n) is 6.50. The topological polar surface area (TPSA) is 52.6 Å². The number of amides is 1. The van der Waals surface area contributed by atoms with Gasteiger partial charge in [0.1, 0.15) is 0 Å². The molecule has 25 heavy (non-hydrogen) atoms. The first-order chi connectivity index (χ1) is 12.1. The lowest BCUT2D eigenvalue weighted by Gasteiger charge is -2.29. The summed E-state index contributed by atoms with van der Waals surface area (Å²) in [5.74, 6) is -0.398. The summed E-state index contributed by atoms with van der Waals surface area (Å²) in [5, 5.41) is 14.3. The van der Waals surface area contributed by atoms with Crippen LogP contribution >= 0.6 is 0 Å². The van der Waals surface area contributed by atoms with Crippen LogP contribution in [0, 0.1) is 0 Å². The summed E-state index contributed by atoms with van der Waals surface area (Å²) >= 11 is 0. The van der Waals surface area contributed by atoms with Gasteiger partial charge in [0.25, 0.3) is 5.91 Å². The molecule has 0 saturated heterocycles. The lowest BCUT2D eigenvalue weighted by atomic mass is 9.85. The quantitative estimate of drug-likeness (QED) is 0.824. The molecule has 0 fully saturated rings. The molecule has 130 valence electrons. The van der Waals surface area contributed by atoms with E-state index in [4.69, 9.17) is 0 Å². The standard InChI is InChI=1S/C21H24N2O2/c1-23-14-12-17(13-15-23)16-22-20(24)21(25,18-8-4-2-5-9-18)19-10-6-3-7-11-19/h2-12,25H,13-16H2,1H3,(H,22,24). The molecule has 0 bridgehead atoms. The van der Waals surface area contributed by atoms with E-state index in [1.807, 2.05) is 36.4 Å². The van der Waals surface area contributed by atoms with Crippen LogP contribution in [-0.2, 0) is 10.4 Å². The summed E-state index contributed by atoms with van der Waals surface area (Å²) in [6.45, 7) is 2.35. The Bertz CT molecular complexity index is 702. The fraction of sp³-hybridized carbons (Fsp3) is 0.286. The maximum atomic E-state index is 13.0. The second kappa shape index (κ2) is 7.64. The summed E-state index contributed by atoms with van der Waals surface area (Å²) in [7, 11) is 2.08. The van der Waals surface area contributed by atoms with Gasteiger partial charge in [-0.3, -0.25) is 4.79 Å². The largest absolute Gasteiger partial charge is 0.372 e. The Morgan fingerprint density at radius 1 is 1.08 bits per heavy atom. The summed E-state index contributed by atoms with van der Waals surface area (Å²) in [6.07, 6.45) is 3.08. The van der Waals surface area contributed by atoms with Gasteiger partial charge in [0.2, 0.25) is 0 Å². The second-order valence-corrected chi connectivity index (χ2v) is 6.50. The molecule has 2 N–H and O–H groups in total. The highest BCUT2D eigenvalue weighted by atomic mass is 16.3. The predicted molar refractivity (Wildman–Crippen MR) is 99.1 cm³/mol. The van der Waals surface area contributed by atoms with Crippen molar-refractivity contribution in [1.29, 1.82) is 0 Å². The molecular formula is C21H24N2O2. The van der Waals surface area contributed by atoms with Gasteiger partial charge in [0.15, 0.2) is 5.60 Å². The number of hydrogen-bond donors (Lipinski definition) is 2. The molecular weight excluding hydrogens is 312 g/mol. The third-order valence-electron chi connectivity index (χ3n) is 4.69. The van der Waals surface area contributed by atoms with Crippen LogP contribution in [0.4, 0.5) is 0 Å². The summed E-state index contributed by atoms with van der Waals surface area (Å²) in [4.78, 5) is 15.2. The Hall–Kier alpha value is -2.43. The van der Waals surface area contributed by atoms with E-state index >= 15 is 0 Å². The number of carbonyl (C=O) groups excluding carboxylic acids is 1. The zero-order valence-corrected chi connectivity index (χ0v) is 14.5. The van der Waals surface area contributed by atoms with E-state index in [-0.39, 0.29) is 0 Å². The van der Waals surface area contributed by atoms with E-state index in [1.54, 1.807) is 24.3 Å². The van der Waals surface area contributed by atoms with Gasteiger partial charge >= 0.3 is 0 Å². The molecule has 0 aliphatic carbocycles. The van der Waals surface area contributed by atoms with Crippen LogP contribution in [0.25, 0.3) is 0 Å². The zero-order chi connectivity index (χ0) is 17.7. The molecule has 0 saturated carbocycles. The van der Waals surface area contributed by atoms with Crippen LogP contribution < -0.4 is 5.32 Å². The average Bonchev–Trinajstić information content (AvgIpc) is 2.68. The zero-order valence-electron chi connectivity index (χ0n) is 14.5. The fourth-order valence-electron chi connectivity index (χ4n) is 3.08. The predicted octanol–water partition coefficient (Wildman–Crippen LogP) is 2.30. The van der Waals surface area contributed by atoms with Gasteiger partial charge in [-0.15, -0.1) is 0 Å². The van der Waals surface area contributed by atoms with Gasteiger partial charge in [-0.1, -0.05) is 72.3 Å². The van der Waals surface area contributed by atoms with Crippen molar-refractivity contribution in [3.8, 4) is 0 Å². The summed E-state index contributed by atoms with van der Waals surface area (Å²) in [5.41, 5.74) is 0.635. The molecule has 4 heteroatoms. The number of likely N-dealkylation sites (N-methyl/N-ethyl adjacent to an activating group) is 1. The molecule has 4 nitrogen and oxygen atoms in total. The molecule has 1 aliphatic heterocycles. The lowest BCUT2D eigenvalue weighted by Crippen LogP contribution is -2.46. The maximum Gasteiger partial charge on any atom is 0.261 e. The normalized spacial score (nSPS) is 15.5. The highest BCUT2D eigenvalue weighted by Crippen LogP contribution is 2.30. The van der Waals surface area contributed by atoms with Crippen LogP contribution in [0.15, 0.2) is 72.3 Å². The molecule has 2 aromatic rings. The highest BCUT2D eigenvalue weighted by Gasteiger charge is 2.39. The Morgan fingerprint density at radius 3 is 2.12 bits per heavy atom. The Kier molecular flexibility index (Phi) is 5.31. The molecule has 3 rings (SSSR count). The number of rotatable bonds is 5. The summed E-state index contributed by atoms with van der Waals surface area (Å²) in [6, 6.07) is 18.2. The van der Waals surface area contributed by atoms with E-state index in [2.05, 4.69) is 23.3 Å². The molecule has 1 aliphatic rings. The van der Waals surface area contributed by atoms with E-state index < -0.39 is 11.5 Å². The van der Waals surface area contributed by atoms with Crippen LogP contribution in [-0.4, -0.2) is 42.6 Å². The van der Waals surface area contributed by atoms with Gasteiger partial charge in [0.05, 0.1) is 0 Å². The van der Waals surface area contributed by atoms with E-state index in [0.29, 0.717) is 17.7 Å². The van der Waals surface area contributed by atoms with Crippen molar-refractivity contribution < 1.29 is 9.90 Å². The van der Waals surface area contributed by atoms with Gasteiger partial charge in [-0.05, 0) is 24.6 Å². The molecule has 0 atom stereocenters. The van der Waals surface area contributed by atoms with Crippen LogP contribution in [0.3, 0.4) is 0 Å². The van der Waals surface area contributed by atoms with E-state index in [1.165, 1.54) is 5.57 Å². The van der Waals surface area contributed by atoms with Gasteiger partial charge in [-0.2, -0.15) is 0 Å². The van der Waals surface area contributed by atoms with Crippen molar-refractivity contribution in [2.45, 2.75) is 12.0 Å². The van der Waals surface area contributed by atoms with Crippen LogP contribution in [0.5, 0.6) is 0 Å². The minimum Gasteiger partial charge on any atom is -0.372 e. The SMILES string of the molecule is CN1CC=C(CNC(=O)C(O)(c2ccccc2)c2ccccc2)CC1. The van der Waals surface area contributed by atoms with Crippen LogP contribution in [0.1, 0.15) is 17.5 Å². The molecule has 0 aromatic heterocycles.